The molecule has 2 rings (SSSR count). The largest absolute Gasteiger partial charge is 0.497 e. The standard InChI is InChI=1S/C18H16Cl2N2O3S/c1-24-13-6-7-15(16(10-13)25-2)21-18(26)22-17(23)8-4-11-3-5-12(19)9-14(11)20/h3-10H,1-2H3,(H2,21,22,23,26). The first kappa shape index (κ1) is 20.0. The quantitative estimate of drug-likeness (QED) is 0.559. The van der Waals surface area contributed by atoms with E-state index in [2.05, 4.69) is 10.6 Å². The van der Waals surface area contributed by atoms with Crippen LogP contribution in [0, 0.1) is 0 Å². The molecule has 0 aromatic heterocycles. The van der Waals surface area contributed by atoms with Crippen molar-refractivity contribution in [2.45, 2.75) is 0 Å². The second kappa shape index (κ2) is 9.43. The third-order valence-electron chi connectivity index (χ3n) is 3.27. The molecule has 0 bridgehead atoms. The van der Waals surface area contributed by atoms with Gasteiger partial charge in [0.2, 0.25) is 5.91 Å². The van der Waals surface area contributed by atoms with Gasteiger partial charge in [0.1, 0.15) is 11.5 Å². The molecule has 2 N–H and O–H groups in total. The Hall–Kier alpha value is -2.28. The summed E-state index contributed by atoms with van der Waals surface area (Å²) in [7, 11) is 3.09. The van der Waals surface area contributed by atoms with Gasteiger partial charge in [-0.05, 0) is 48.1 Å². The maximum Gasteiger partial charge on any atom is 0.250 e. The summed E-state index contributed by atoms with van der Waals surface area (Å²) in [5.74, 6) is 0.774. The van der Waals surface area contributed by atoms with Gasteiger partial charge in [0.25, 0.3) is 0 Å². The molecule has 136 valence electrons. The predicted molar refractivity (Wildman–Crippen MR) is 109 cm³/mol. The van der Waals surface area contributed by atoms with Gasteiger partial charge in [-0.3, -0.25) is 10.1 Å². The summed E-state index contributed by atoms with van der Waals surface area (Å²) in [6.45, 7) is 0. The smallest absolute Gasteiger partial charge is 0.250 e. The van der Waals surface area contributed by atoms with Crippen molar-refractivity contribution in [3.05, 3.63) is 58.1 Å². The molecule has 0 atom stereocenters. The summed E-state index contributed by atoms with van der Waals surface area (Å²) in [6.07, 6.45) is 2.90. The van der Waals surface area contributed by atoms with Crippen LogP contribution in [0.5, 0.6) is 11.5 Å². The van der Waals surface area contributed by atoms with E-state index in [4.69, 9.17) is 44.9 Å². The van der Waals surface area contributed by atoms with Crippen molar-refractivity contribution in [1.29, 1.82) is 0 Å². The topological polar surface area (TPSA) is 59.6 Å². The maximum atomic E-state index is 12.0. The van der Waals surface area contributed by atoms with E-state index < -0.39 is 5.91 Å². The number of hydrogen-bond donors (Lipinski definition) is 2. The average Bonchev–Trinajstić information content (AvgIpc) is 2.61. The second-order valence-corrected chi connectivity index (χ2v) is 6.26. The number of nitrogens with one attached hydrogen (secondary N) is 2. The minimum absolute atomic E-state index is 0.130. The van der Waals surface area contributed by atoms with Crippen molar-refractivity contribution in [3.8, 4) is 11.5 Å². The predicted octanol–water partition coefficient (Wildman–Crippen LogP) is 4.54. The number of hydrogen-bond acceptors (Lipinski definition) is 4. The monoisotopic (exact) mass is 410 g/mol. The van der Waals surface area contributed by atoms with E-state index in [1.807, 2.05) is 0 Å². The number of rotatable bonds is 5. The van der Waals surface area contributed by atoms with E-state index >= 15 is 0 Å². The second-order valence-electron chi connectivity index (χ2n) is 5.01. The number of methoxy groups -OCH3 is 2. The molecule has 0 saturated carbocycles. The highest BCUT2D eigenvalue weighted by molar-refractivity contribution is 7.80. The molecule has 5 nitrogen and oxygen atoms in total. The third kappa shape index (κ3) is 5.62. The number of benzene rings is 2. The Morgan fingerprint density at radius 2 is 1.88 bits per heavy atom. The maximum absolute atomic E-state index is 12.0. The van der Waals surface area contributed by atoms with Crippen LogP contribution in [0.1, 0.15) is 5.56 Å². The van der Waals surface area contributed by atoms with E-state index in [1.165, 1.54) is 13.2 Å². The molecule has 8 heteroatoms. The molecule has 0 aliphatic carbocycles. The third-order valence-corrected chi connectivity index (χ3v) is 4.04. The van der Waals surface area contributed by atoms with E-state index in [0.717, 1.165) is 0 Å². The van der Waals surface area contributed by atoms with Crippen LogP contribution < -0.4 is 20.1 Å². The molecule has 0 saturated heterocycles. The minimum Gasteiger partial charge on any atom is -0.497 e. The lowest BCUT2D eigenvalue weighted by Gasteiger charge is -2.13. The van der Waals surface area contributed by atoms with Gasteiger partial charge in [-0.2, -0.15) is 0 Å². The minimum atomic E-state index is -0.402. The summed E-state index contributed by atoms with van der Waals surface area (Å²) in [4.78, 5) is 12.0. The summed E-state index contributed by atoms with van der Waals surface area (Å²) < 4.78 is 10.4. The Labute approximate surface area is 166 Å². The molecule has 26 heavy (non-hydrogen) atoms. The summed E-state index contributed by atoms with van der Waals surface area (Å²) in [6, 6.07) is 10.2. The molecule has 2 aromatic carbocycles. The highest BCUT2D eigenvalue weighted by Crippen LogP contribution is 2.28. The van der Waals surface area contributed by atoms with Crippen molar-refractivity contribution in [3.63, 3.8) is 0 Å². The Kier molecular flexibility index (Phi) is 7.26. The molecule has 0 aliphatic rings. The van der Waals surface area contributed by atoms with Crippen LogP contribution in [-0.2, 0) is 4.79 Å². The molecule has 0 fully saturated rings. The number of carbonyl (C=O) groups is 1. The summed E-state index contributed by atoms with van der Waals surface area (Å²) >= 11 is 17.0. The molecule has 0 spiro atoms. The molecule has 0 radical (unpaired) electrons. The lowest BCUT2D eigenvalue weighted by atomic mass is 10.2. The Morgan fingerprint density at radius 3 is 2.54 bits per heavy atom. The van der Waals surface area contributed by atoms with Gasteiger partial charge in [0.05, 0.1) is 19.9 Å². The summed E-state index contributed by atoms with van der Waals surface area (Å²) in [5.41, 5.74) is 1.27. The van der Waals surface area contributed by atoms with E-state index in [9.17, 15) is 4.79 Å². The zero-order chi connectivity index (χ0) is 19.1. The number of halogens is 2. The molecule has 2 aromatic rings. The highest BCUT2D eigenvalue weighted by atomic mass is 35.5. The van der Waals surface area contributed by atoms with Crippen LogP contribution in [0.4, 0.5) is 5.69 Å². The van der Waals surface area contributed by atoms with Crippen LogP contribution in [0.3, 0.4) is 0 Å². The average molecular weight is 411 g/mol. The van der Waals surface area contributed by atoms with E-state index in [-0.39, 0.29) is 5.11 Å². The van der Waals surface area contributed by atoms with Gasteiger partial charge in [0, 0.05) is 22.2 Å². The number of amides is 1. The van der Waals surface area contributed by atoms with Crippen LogP contribution in [0.2, 0.25) is 10.0 Å². The van der Waals surface area contributed by atoms with E-state index in [1.54, 1.807) is 49.6 Å². The summed E-state index contributed by atoms with van der Waals surface area (Å²) in [5, 5.41) is 6.55. The van der Waals surface area contributed by atoms with Gasteiger partial charge < -0.3 is 14.8 Å². The lowest BCUT2D eigenvalue weighted by Crippen LogP contribution is -2.32. The molecule has 0 aliphatic heterocycles. The van der Waals surface area contributed by atoms with Gasteiger partial charge in [-0.15, -0.1) is 0 Å². The fraction of sp³-hybridized carbons (Fsp3) is 0.111. The first-order valence-corrected chi connectivity index (χ1v) is 8.56. The Morgan fingerprint density at radius 1 is 1.12 bits per heavy atom. The van der Waals surface area contributed by atoms with E-state index in [0.29, 0.717) is 32.8 Å². The zero-order valence-corrected chi connectivity index (χ0v) is 16.3. The van der Waals surface area contributed by atoms with Crippen molar-refractivity contribution in [2.24, 2.45) is 0 Å². The normalized spacial score (nSPS) is 10.5. The first-order chi connectivity index (χ1) is 12.4. The first-order valence-electron chi connectivity index (χ1n) is 7.40. The van der Waals surface area contributed by atoms with Crippen molar-refractivity contribution in [2.75, 3.05) is 19.5 Å². The lowest BCUT2D eigenvalue weighted by molar-refractivity contribution is -0.115. The molecular weight excluding hydrogens is 395 g/mol. The Balaban J connectivity index is 1.99. The fourth-order valence-electron chi connectivity index (χ4n) is 2.01. The Bertz CT molecular complexity index is 856. The van der Waals surface area contributed by atoms with Crippen LogP contribution >= 0.6 is 35.4 Å². The SMILES string of the molecule is COc1ccc(NC(=S)NC(=O)C=Cc2ccc(Cl)cc2Cl)c(OC)c1. The highest BCUT2D eigenvalue weighted by Gasteiger charge is 2.08. The van der Waals surface area contributed by atoms with Crippen LogP contribution in [0.25, 0.3) is 6.08 Å². The van der Waals surface area contributed by atoms with Gasteiger partial charge >= 0.3 is 0 Å². The van der Waals surface area contributed by atoms with Crippen LogP contribution in [-0.4, -0.2) is 25.2 Å². The van der Waals surface area contributed by atoms with Gasteiger partial charge in [-0.1, -0.05) is 29.3 Å². The van der Waals surface area contributed by atoms with Crippen molar-refractivity contribution >= 4 is 58.2 Å². The molecule has 0 heterocycles. The van der Waals surface area contributed by atoms with Crippen molar-refractivity contribution in [1.82, 2.24) is 5.32 Å². The molecular formula is C18H16Cl2N2O3S. The van der Waals surface area contributed by atoms with Gasteiger partial charge in [-0.25, -0.2) is 0 Å². The number of anilines is 1. The molecule has 1 amide bonds. The molecule has 0 unspecified atom stereocenters. The number of ether oxygens (including phenoxy) is 2. The number of carbonyl (C=O) groups excluding carboxylic acids is 1. The fourth-order valence-corrected chi connectivity index (χ4v) is 2.69. The van der Waals surface area contributed by atoms with Gasteiger partial charge in [0.15, 0.2) is 5.11 Å². The zero-order valence-electron chi connectivity index (χ0n) is 14.0. The number of thiocarbonyl (C=S) groups is 1. The van der Waals surface area contributed by atoms with Crippen LogP contribution in [0.15, 0.2) is 42.5 Å². The van der Waals surface area contributed by atoms with Crippen molar-refractivity contribution < 1.29 is 14.3 Å².